The molecule has 0 bridgehead atoms. The Hall–Kier alpha value is -1.05. The molecule has 1 aliphatic rings. The molecule has 0 radical (unpaired) electrons. The van der Waals surface area contributed by atoms with Gasteiger partial charge in [-0.2, -0.15) is 0 Å². The summed E-state index contributed by atoms with van der Waals surface area (Å²) in [5.74, 6) is 0.0578. The van der Waals surface area contributed by atoms with E-state index in [1.807, 2.05) is 6.08 Å². The summed E-state index contributed by atoms with van der Waals surface area (Å²) in [5.41, 5.74) is 0.972. The highest BCUT2D eigenvalue weighted by atomic mass is 16.1. The zero-order chi connectivity index (χ0) is 9.90. The highest BCUT2D eigenvalue weighted by Crippen LogP contribution is 2.37. The number of rotatable bonds is 3. The predicted octanol–water partition coefficient (Wildman–Crippen LogP) is 2.04. The molecule has 1 N–H and O–H groups in total. The summed E-state index contributed by atoms with van der Waals surface area (Å²) in [7, 11) is 0. The van der Waals surface area contributed by atoms with Gasteiger partial charge in [-0.1, -0.05) is 26.0 Å². The second-order valence-corrected chi connectivity index (χ2v) is 4.04. The minimum absolute atomic E-state index is 0.0469. The monoisotopic (exact) mass is 179 g/mol. The fourth-order valence-corrected chi connectivity index (χ4v) is 1.65. The Morgan fingerprint density at radius 1 is 1.77 bits per heavy atom. The van der Waals surface area contributed by atoms with Crippen LogP contribution in [-0.4, -0.2) is 12.5 Å². The van der Waals surface area contributed by atoms with E-state index in [9.17, 15) is 4.79 Å². The van der Waals surface area contributed by atoms with Crippen molar-refractivity contribution < 1.29 is 4.79 Å². The van der Waals surface area contributed by atoms with Crippen LogP contribution >= 0.6 is 0 Å². The highest BCUT2D eigenvalue weighted by Gasteiger charge is 2.31. The molecule has 0 spiro atoms. The van der Waals surface area contributed by atoms with Gasteiger partial charge in [-0.25, -0.2) is 0 Å². The Bertz CT molecular complexity index is 251. The first-order chi connectivity index (χ1) is 6.08. The lowest BCUT2D eigenvalue weighted by Gasteiger charge is -2.21. The third kappa shape index (κ3) is 2.20. The maximum atomic E-state index is 11.6. The van der Waals surface area contributed by atoms with E-state index >= 15 is 0 Å². The number of nitrogens with one attached hydrogen (secondary N) is 1. The first kappa shape index (κ1) is 10.0. The smallest absolute Gasteiger partial charge is 0.247 e. The maximum absolute atomic E-state index is 11.6. The van der Waals surface area contributed by atoms with Gasteiger partial charge in [-0.15, -0.1) is 6.58 Å². The number of carbonyl (C=O) groups is 1. The van der Waals surface area contributed by atoms with Gasteiger partial charge in [0.05, 0.1) is 0 Å². The first-order valence-corrected chi connectivity index (χ1v) is 4.67. The number of carbonyl (C=O) groups excluding carboxylic acids is 1. The molecule has 0 heterocycles. The van der Waals surface area contributed by atoms with Crippen molar-refractivity contribution in [2.45, 2.75) is 26.7 Å². The Morgan fingerprint density at radius 3 is 2.92 bits per heavy atom. The molecular formula is C11H17NO. The quantitative estimate of drug-likeness (QED) is 0.660. The van der Waals surface area contributed by atoms with Crippen molar-refractivity contribution in [3.63, 3.8) is 0 Å². The summed E-state index contributed by atoms with van der Waals surface area (Å²) in [6.07, 6.45) is 5.83. The molecule has 2 heteroatoms. The molecule has 0 aromatic rings. The Morgan fingerprint density at radius 2 is 2.46 bits per heavy atom. The van der Waals surface area contributed by atoms with Crippen molar-refractivity contribution in [2.75, 3.05) is 6.54 Å². The minimum Gasteiger partial charge on any atom is -0.349 e. The van der Waals surface area contributed by atoms with E-state index in [1.165, 1.54) is 0 Å². The molecule has 0 saturated carbocycles. The third-order valence-electron chi connectivity index (χ3n) is 2.50. The van der Waals surface area contributed by atoms with Gasteiger partial charge in [0.25, 0.3) is 0 Å². The maximum Gasteiger partial charge on any atom is 0.247 e. The van der Waals surface area contributed by atoms with E-state index in [-0.39, 0.29) is 11.3 Å². The lowest BCUT2D eigenvalue weighted by atomic mass is 9.85. The Balaban J connectivity index is 2.61. The van der Waals surface area contributed by atoms with Gasteiger partial charge < -0.3 is 5.32 Å². The average Bonchev–Trinajstić information content (AvgIpc) is 2.41. The van der Waals surface area contributed by atoms with Crippen molar-refractivity contribution in [2.24, 2.45) is 5.41 Å². The van der Waals surface area contributed by atoms with Gasteiger partial charge in [0, 0.05) is 12.1 Å². The second-order valence-electron chi connectivity index (χ2n) is 4.04. The lowest BCUT2D eigenvalue weighted by Crippen LogP contribution is -2.30. The largest absolute Gasteiger partial charge is 0.349 e. The molecule has 0 aromatic carbocycles. The topological polar surface area (TPSA) is 29.1 Å². The van der Waals surface area contributed by atoms with Crippen LogP contribution in [0.25, 0.3) is 0 Å². The van der Waals surface area contributed by atoms with E-state index in [0.717, 1.165) is 18.4 Å². The van der Waals surface area contributed by atoms with Crippen LogP contribution in [0.15, 0.2) is 24.3 Å². The lowest BCUT2D eigenvalue weighted by molar-refractivity contribution is -0.118. The zero-order valence-corrected chi connectivity index (χ0v) is 8.39. The third-order valence-corrected chi connectivity index (χ3v) is 2.50. The number of hydrogen-bond donors (Lipinski definition) is 1. The van der Waals surface area contributed by atoms with Gasteiger partial charge in [-0.05, 0) is 18.3 Å². The number of hydrogen-bond acceptors (Lipinski definition) is 1. The van der Waals surface area contributed by atoms with Gasteiger partial charge in [0.1, 0.15) is 0 Å². The molecule has 0 fully saturated rings. The molecule has 1 aliphatic carbocycles. The van der Waals surface area contributed by atoms with E-state index in [4.69, 9.17) is 0 Å². The standard InChI is InChI=1S/C11H17NO/c1-4-8-12-10(13)9-6-5-7-11(9,2)3/h4,6H,1,5,7-8H2,2-3H3,(H,12,13). The van der Waals surface area contributed by atoms with E-state index in [0.29, 0.717) is 6.54 Å². The Kier molecular flexibility index (Phi) is 2.91. The van der Waals surface area contributed by atoms with Crippen molar-refractivity contribution in [3.05, 3.63) is 24.3 Å². The molecule has 1 rings (SSSR count). The van der Waals surface area contributed by atoms with Crippen LogP contribution in [0.2, 0.25) is 0 Å². The second kappa shape index (κ2) is 3.77. The molecule has 1 amide bonds. The molecule has 0 atom stereocenters. The van der Waals surface area contributed by atoms with Gasteiger partial charge in [0.15, 0.2) is 0 Å². The predicted molar refractivity (Wildman–Crippen MR) is 54.3 cm³/mol. The molecule has 0 aliphatic heterocycles. The SMILES string of the molecule is C=CCNC(=O)C1=CCCC1(C)C. The molecule has 72 valence electrons. The van der Waals surface area contributed by atoms with Crippen LogP contribution in [0, 0.1) is 5.41 Å². The normalized spacial score (nSPS) is 19.4. The van der Waals surface area contributed by atoms with Crippen LogP contribution in [0.3, 0.4) is 0 Å². The van der Waals surface area contributed by atoms with Crippen molar-refractivity contribution in [1.82, 2.24) is 5.32 Å². The van der Waals surface area contributed by atoms with E-state index in [2.05, 4.69) is 25.7 Å². The summed E-state index contributed by atoms with van der Waals surface area (Å²) < 4.78 is 0. The summed E-state index contributed by atoms with van der Waals surface area (Å²) in [6.45, 7) is 8.33. The molecule has 0 aromatic heterocycles. The van der Waals surface area contributed by atoms with Crippen LogP contribution in [-0.2, 0) is 4.79 Å². The highest BCUT2D eigenvalue weighted by molar-refractivity contribution is 5.95. The zero-order valence-electron chi connectivity index (χ0n) is 8.39. The Labute approximate surface area is 79.7 Å². The summed E-state index contributed by atoms with van der Waals surface area (Å²) >= 11 is 0. The summed E-state index contributed by atoms with van der Waals surface area (Å²) in [6, 6.07) is 0. The van der Waals surface area contributed by atoms with Crippen molar-refractivity contribution >= 4 is 5.91 Å². The fraction of sp³-hybridized carbons (Fsp3) is 0.545. The van der Waals surface area contributed by atoms with Crippen molar-refractivity contribution in [3.8, 4) is 0 Å². The van der Waals surface area contributed by atoms with Crippen LogP contribution in [0.5, 0.6) is 0 Å². The average molecular weight is 179 g/mol. The van der Waals surface area contributed by atoms with Crippen LogP contribution < -0.4 is 5.32 Å². The van der Waals surface area contributed by atoms with E-state index in [1.54, 1.807) is 6.08 Å². The molecule has 0 saturated heterocycles. The number of allylic oxidation sites excluding steroid dienone is 1. The fourth-order valence-electron chi connectivity index (χ4n) is 1.65. The van der Waals surface area contributed by atoms with Gasteiger partial charge in [0.2, 0.25) is 5.91 Å². The van der Waals surface area contributed by atoms with Crippen molar-refractivity contribution in [1.29, 1.82) is 0 Å². The summed E-state index contributed by atoms with van der Waals surface area (Å²) in [4.78, 5) is 11.6. The minimum atomic E-state index is 0.0469. The van der Waals surface area contributed by atoms with Gasteiger partial charge in [-0.3, -0.25) is 4.79 Å². The van der Waals surface area contributed by atoms with E-state index < -0.39 is 0 Å². The molecule has 13 heavy (non-hydrogen) atoms. The molecular weight excluding hydrogens is 162 g/mol. The first-order valence-electron chi connectivity index (χ1n) is 4.67. The van der Waals surface area contributed by atoms with Crippen LogP contribution in [0.4, 0.5) is 0 Å². The molecule has 0 unspecified atom stereocenters. The number of amides is 1. The van der Waals surface area contributed by atoms with Crippen LogP contribution in [0.1, 0.15) is 26.7 Å². The van der Waals surface area contributed by atoms with Gasteiger partial charge >= 0.3 is 0 Å². The molecule has 2 nitrogen and oxygen atoms in total. The summed E-state index contributed by atoms with van der Waals surface area (Å²) in [5, 5.41) is 2.80.